The maximum atomic E-state index is 13.9. The molecule has 4 rings (SSSR count). The number of methoxy groups -OCH3 is 1. The summed E-state index contributed by atoms with van der Waals surface area (Å²) in [4.78, 5) is 19.9. The van der Waals surface area contributed by atoms with E-state index in [2.05, 4.69) is 9.98 Å². The predicted molar refractivity (Wildman–Crippen MR) is 111 cm³/mol. The second-order valence-corrected chi connectivity index (χ2v) is 8.61. The first-order chi connectivity index (χ1) is 14.0. The number of aliphatic imine (C=N–C) groups is 1. The van der Waals surface area contributed by atoms with E-state index in [0.717, 1.165) is 6.21 Å². The summed E-state index contributed by atoms with van der Waals surface area (Å²) < 4.78 is 30.8. The van der Waals surface area contributed by atoms with Gasteiger partial charge < -0.3 is 9.72 Å². The van der Waals surface area contributed by atoms with Gasteiger partial charge in [0.1, 0.15) is 0 Å². The number of nitrogens with one attached hydrogen (secondary N) is 1. The molecule has 1 aromatic heterocycles. The van der Waals surface area contributed by atoms with Gasteiger partial charge in [-0.2, -0.15) is 0 Å². The van der Waals surface area contributed by atoms with Crippen molar-refractivity contribution in [1.82, 2.24) is 4.98 Å². The van der Waals surface area contributed by atoms with Gasteiger partial charge in [0.15, 0.2) is 0 Å². The van der Waals surface area contributed by atoms with Crippen molar-refractivity contribution in [2.45, 2.75) is 9.64 Å². The van der Waals surface area contributed by atoms with E-state index in [4.69, 9.17) is 4.74 Å². The highest BCUT2D eigenvalue weighted by atomic mass is 32.2. The fraction of sp³-hybridized carbons (Fsp3) is 0.0909. The molecule has 1 unspecified atom stereocenters. The molecule has 1 aliphatic rings. The Labute approximate surface area is 168 Å². The number of esters is 1. The van der Waals surface area contributed by atoms with Crippen LogP contribution in [0.3, 0.4) is 0 Å². The molecule has 0 amide bonds. The number of carbonyl (C=O) groups is 1. The molecule has 0 saturated heterocycles. The Morgan fingerprint density at radius 3 is 2.21 bits per heavy atom. The second kappa shape index (κ2) is 7.18. The Bertz CT molecular complexity index is 1210. The molecule has 0 bridgehead atoms. The largest absolute Gasteiger partial charge is 0.467 e. The quantitative estimate of drug-likeness (QED) is 0.657. The summed E-state index contributed by atoms with van der Waals surface area (Å²) >= 11 is 0. The number of carbonyl (C=O) groups excluding carboxylic acids is 1. The van der Waals surface area contributed by atoms with Crippen LogP contribution in [0.5, 0.6) is 0 Å². The summed E-state index contributed by atoms with van der Waals surface area (Å²) in [7, 11) is -3.10. The molecule has 1 atom stereocenters. The van der Waals surface area contributed by atoms with Gasteiger partial charge >= 0.3 is 5.97 Å². The average Bonchev–Trinajstić information content (AvgIpc) is 3.43. The molecule has 2 aromatic carbocycles. The Hall–Kier alpha value is -3.45. The molecule has 2 heterocycles. The van der Waals surface area contributed by atoms with Crippen molar-refractivity contribution in [1.29, 1.82) is 0 Å². The number of H-pyrrole nitrogens is 1. The van der Waals surface area contributed by atoms with Gasteiger partial charge in [0.25, 0.3) is 0 Å². The maximum absolute atomic E-state index is 13.9. The minimum atomic E-state index is -4.27. The van der Waals surface area contributed by atoms with Crippen LogP contribution in [0.15, 0.2) is 89.1 Å². The number of rotatable bonds is 5. The van der Waals surface area contributed by atoms with Crippen LogP contribution in [0.1, 0.15) is 5.56 Å². The van der Waals surface area contributed by atoms with Gasteiger partial charge in [-0.3, -0.25) is 4.99 Å². The summed E-state index contributed by atoms with van der Waals surface area (Å²) in [6, 6.07) is 17.9. The maximum Gasteiger partial charge on any atom is 0.337 e. The van der Waals surface area contributed by atoms with E-state index in [1.165, 1.54) is 19.5 Å². The Balaban J connectivity index is 1.95. The standard InChI is InChI=1S/C22H18N2O4S/c1-28-21(25)22(15-24-13-19(22)17-10-6-3-7-11-17)29(26,27)20-14-23-12-18(20)16-8-4-2-5-9-16/h2-15,23H,1H3. The first-order valence-corrected chi connectivity index (χ1v) is 10.4. The average molecular weight is 406 g/mol. The van der Waals surface area contributed by atoms with Crippen LogP contribution >= 0.6 is 0 Å². The third-order valence-electron chi connectivity index (χ3n) is 4.94. The van der Waals surface area contributed by atoms with Crippen LogP contribution in [-0.2, 0) is 19.4 Å². The van der Waals surface area contributed by atoms with E-state index < -0.39 is 20.6 Å². The van der Waals surface area contributed by atoms with E-state index in [-0.39, 0.29) is 10.5 Å². The molecule has 0 fully saturated rings. The molecule has 0 radical (unpaired) electrons. The number of hydrogen-bond donors (Lipinski definition) is 1. The molecule has 0 spiro atoms. The lowest BCUT2D eigenvalue weighted by molar-refractivity contribution is -0.140. The van der Waals surface area contributed by atoms with Crippen molar-refractivity contribution in [2.24, 2.45) is 4.99 Å². The van der Waals surface area contributed by atoms with E-state index in [9.17, 15) is 13.2 Å². The number of nitrogens with zero attached hydrogens (tertiary/aromatic N) is 1. The van der Waals surface area contributed by atoms with E-state index in [1.54, 1.807) is 30.5 Å². The predicted octanol–water partition coefficient (Wildman–Crippen LogP) is 3.49. The summed E-state index contributed by atoms with van der Waals surface area (Å²) in [5, 5.41) is 0. The van der Waals surface area contributed by atoms with Gasteiger partial charge in [-0.05, 0) is 11.1 Å². The van der Waals surface area contributed by atoms with Gasteiger partial charge in [0.2, 0.25) is 14.6 Å². The first-order valence-electron chi connectivity index (χ1n) is 8.88. The van der Waals surface area contributed by atoms with Crippen molar-refractivity contribution in [2.75, 3.05) is 7.11 Å². The molecule has 1 aliphatic heterocycles. The fourth-order valence-corrected chi connectivity index (χ4v) is 5.51. The topological polar surface area (TPSA) is 88.6 Å². The van der Waals surface area contributed by atoms with Crippen LogP contribution in [0.4, 0.5) is 0 Å². The molecule has 29 heavy (non-hydrogen) atoms. The smallest absolute Gasteiger partial charge is 0.337 e. The molecular weight excluding hydrogens is 388 g/mol. The van der Waals surface area contributed by atoms with Crippen molar-refractivity contribution < 1.29 is 17.9 Å². The summed E-state index contributed by atoms with van der Waals surface area (Å²) in [6.45, 7) is 0. The SMILES string of the molecule is COC(=O)C1(S(=O)(=O)c2c[nH]cc2-c2ccccc2)C=NC=C1c1ccccc1. The molecule has 0 saturated carbocycles. The van der Waals surface area contributed by atoms with Gasteiger partial charge in [-0.15, -0.1) is 0 Å². The van der Waals surface area contributed by atoms with Crippen molar-refractivity contribution in [3.05, 3.63) is 84.8 Å². The minimum Gasteiger partial charge on any atom is -0.467 e. The zero-order valence-electron chi connectivity index (χ0n) is 15.6. The van der Waals surface area contributed by atoms with Crippen molar-refractivity contribution in [3.63, 3.8) is 0 Å². The number of sulfone groups is 1. The molecule has 0 aliphatic carbocycles. The number of ether oxygens (including phenoxy) is 1. The van der Waals surface area contributed by atoms with E-state index in [1.807, 2.05) is 36.4 Å². The number of aromatic amines is 1. The fourth-order valence-electron chi connectivity index (χ4n) is 3.52. The number of benzene rings is 2. The van der Waals surface area contributed by atoms with Crippen LogP contribution in [0, 0.1) is 0 Å². The zero-order valence-corrected chi connectivity index (χ0v) is 16.4. The summed E-state index contributed by atoms with van der Waals surface area (Å²) in [6.07, 6.45) is 5.54. The Morgan fingerprint density at radius 2 is 1.59 bits per heavy atom. The van der Waals surface area contributed by atoms with Gasteiger partial charge in [-0.25, -0.2) is 13.2 Å². The first kappa shape index (κ1) is 18.9. The molecule has 3 aromatic rings. The highest BCUT2D eigenvalue weighted by Gasteiger charge is 2.57. The zero-order chi connectivity index (χ0) is 20.5. The molecular formula is C22H18N2O4S. The van der Waals surface area contributed by atoms with Gasteiger partial charge in [0.05, 0.1) is 12.0 Å². The lowest BCUT2D eigenvalue weighted by Crippen LogP contribution is -2.48. The lowest BCUT2D eigenvalue weighted by Gasteiger charge is -2.27. The van der Waals surface area contributed by atoms with Gasteiger partial charge in [0, 0.05) is 35.9 Å². The number of hydrogen-bond acceptors (Lipinski definition) is 5. The van der Waals surface area contributed by atoms with Crippen LogP contribution in [0.2, 0.25) is 0 Å². The third-order valence-corrected chi connectivity index (χ3v) is 7.20. The summed E-state index contributed by atoms with van der Waals surface area (Å²) in [5.74, 6) is -0.908. The van der Waals surface area contributed by atoms with Crippen molar-refractivity contribution in [3.8, 4) is 11.1 Å². The van der Waals surface area contributed by atoms with Crippen LogP contribution < -0.4 is 0 Å². The Kier molecular flexibility index (Phi) is 4.68. The van der Waals surface area contributed by atoms with E-state index in [0.29, 0.717) is 16.7 Å². The Morgan fingerprint density at radius 1 is 0.966 bits per heavy atom. The molecule has 7 heteroatoms. The normalized spacial score (nSPS) is 18.4. The van der Waals surface area contributed by atoms with E-state index >= 15 is 0 Å². The van der Waals surface area contributed by atoms with Crippen LogP contribution in [-0.4, -0.2) is 37.4 Å². The van der Waals surface area contributed by atoms with Crippen molar-refractivity contribution >= 4 is 27.6 Å². The van der Waals surface area contributed by atoms with Gasteiger partial charge in [-0.1, -0.05) is 60.7 Å². The lowest BCUT2D eigenvalue weighted by atomic mass is 9.94. The highest BCUT2D eigenvalue weighted by molar-refractivity contribution is 7.95. The third kappa shape index (κ3) is 2.82. The summed E-state index contributed by atoms with van der Waals surface area (Å²) in [5.41, 5.74) is 2.02. The number of aromatic nitrogens is 1. The molecule has 146 valence electrons. The molecule has 1 N–H and O–H groups in total. The highest BCUT2D eigenvalue weighted by Crippen LogP contribution is 2.43. The molecule has 6 nitrogen and oxygen atoms in total. The minimum absolute atomic E-state index is 0.00396. The van der Waals surface area contributed by atoms with Crippen LogP contribution in [0.25, 0.3) is 16.7 Å². The monoisotopic (exact) mass is 406 g/mol. The second-order valence-electron chi connectivity index (χ2n) is 6.52.